The average molecular weight is 188 g/mol. The fourth-order valence-electron chi connectivity index (χ4n) is 0.817. The monoisotopic (exact) mass is 188 g/mol. The molecule has 5 nitrogen and oxygen atoms in total. The molecule has 0 radical (unpaired) electrons. The van der Waals surface area contributed by atoms with Gasteiger partial charge in [0, 0.05) is 26.4 Å². The van der Waals surface area contributed by atoms with Gasteiger partial charge in [0.25, 0.3) is 0 Å². The van der Waals surface area contributed by atoms with Crippen molar-refractivity contribution >= 4 is 11.9 Å². The first-order chi connectivity index (χ1) is 6.13. The van der Waals surface area contributed by atoms with Crippen LogP contribution in [-0.2, 0) is 9.59 Å². The SMILES string of the molecule is CC(=O)NCCNCCCC(=O)O. The molecule has 0 aliphatic heterocycles. The molecule has 0 saturated heterocycles. The molecule has 0 saturated carbocycles. The molecule has 0 unspecified atom stereocenters. The fraction of sp³-hybridized carbons (Fsp3) is 0.750. The first-order valence-corrected chi connectivity index (χ1v) is 4.30. The van der Waals surface area contributed by atoms with Crippen molar-refractivity contribution in [3.8, 4) is 0 Å². The van der Waals surface area contributed by atoms with Gasteiger partial charge in [0.05, 0.1) is 0 Å². The molecule has 0 heterocycles. The summed E-state index contributed by atoms with van der Waals surface area (Å²) >= 11 is 0. The second-order valence-electron chi connectivity index (χ2n) is 2.73. The molecule has 0 aromatic rings. The summed E-state index contributed by atoms with van der Waals surface area (Å²) in [5.74, 6) is -0.823. The smallest absolute Gasteiger partial charge is 0.303 e. The molecular formula is C8H16N2O3. The Balaban J connectivity index is 3.00. The number of carbonyl (C=O) groups is 2. The Morgan fingerprint density at radius 3 is 2.46 bits per heavy atom. The summed E-state index contributed by atoms with van der Waals surface area (Å²) in [6, 6.07) is 0. The third-order valence-electron chi connectivity index (χ3n) is 1.42. The summed E-state index contributed by atoms with van der Waals surface area (Å²) in [5.41, 5.74) is 0. The van der Waals surface area contributed by atoms with Gasteiger partial charge in [0.15, 0.2) is 0 Å². The van der Waals surface area contributed by atoms with Crippen molar-refractivity contribution in [1.29, 1.82) is 0 Å². The second-order valence-corrected chi connectivity index (χ2v) is 2.73. The molecule has 13 heavy (non-hydrogen) atoms. The summed E-state index contributed by atoms with van der Waals surface area (Å²) in [7, 11) is 0. The van der Waals surface area contributed by atoms with Crippen LogP contribution < -0.4 is 10.6 Å². The highest BCUT2D eigenvalue weighted by Gasteiger charge is 1.95. The van der Waals surface area contributed by atoms with Crippen LogP contribution >= 0.6 is 0 Å². The summed E-state index contributed by atoms with van der Waals surface area (Å²) in [6.07, 6.45) is 0.808. The van der Waals surface area contributed by atoms with E-state index in [1.54, 1.807) is 0 Å². The number of aliphatic carboxylic acids is 1. The normalized spacial score (nSPS) is 9.62. The van der Waals surface area contributed by atoms with Crippen LogP contribution in [0.5, 0.6) is 0 Å². The fourth-order valence-corrected chi connectivity index (χ4v) is 0.817. The highest BCUT2D eigenvalue weighted by atomic mass is 16.4. The predicted molar refractivity (Wildman–Crippen MR) is 48.4 cm³/mol. The Bertz CT molecular complexity index is 153. The van der Waals surface area contributed by atoms with Gasteiger partial charge >= 0.3 is 5.97 Å². The van der Waals surface area contributed by atoms with E-state index in [0.29, 0.717) is 26.1 Å². The summed E-state index contributed by atoms with van der Waals surface area (Å²) in [6.45, 7) is 3.40. The number of hydrogen-bond donors (Lipinski definition) is 3. The Hall–Kier alpha value is -1.10. The predicted octanol–water partition coefficient (Wildman–Crippen LogP) is -0.423. The van der Waals surface area contributed by atoms with Crippen molar-refractivity contribution < 1.29 is 14.7 Å². The van der Waals surface area contributed by atoms with Crippen molar-refractivity contribution in [3.63, 3.8) is 0 Å². The zero-order valence-corrected chi connectivity index (χ0v) is 7.80. The van der Waals surface area contributed by atoms with Gasteiger partial charge in [-0.15, -0.1) is 0 Å². The Kier molecular flexibility index (Phi) is 6.91. The lowest BCUT2D eigenvalue weighted by atomic mass is 10.3. The number of hydrogen-bond acceptors (Lipinski definition) is 3. The van der Waals surface area contributed by atoms with Gasteiger partial charge in [-0.05, 0) is 13.0 Å². The molecule has 1 amide bonds. The number of rotatable bonds is 7. The maximum atomic E-state index is 10.4. The molecule has 0 fully saturated rings. The lowest BCUT2D eigenvalue weighted by Gasteiger charge is -2.03. The molecule has 0 aromatic carbocycles. The molecule has 76 valence electrons. The zero-order valence-electron chi connectivity index (χ0n) is 7.80. The van der Waals surface area contributed by atoms with Gasteiger partial charge in [0.2, 0.25) is 5.91 Å². The topological polar surface area (TPSA) is 78.4 Å². The third-order valence-corrected chi connectivity index (χ3v) is 1.42. The van der Waals surface area contributed by atoms with Crippen LogP contribution in [-0.4, -0.2) is 36.6 Å². The van der Waals surface area contributed by atoms with E-state index in [4.69, 9.17) is 5.11 Å². The van der Waals surface area contributed by atoms with E-state index in [9.17, 15) is 9.59 Å². The molecule has 0 aliphatic rings. The molecule has 0 aliphatic carbocycles. The Morgan fingerprint density at radius 1 is 1.23 bits per heavy atom. The maximum Gasteiger partial charge on any atom is 0.303 e. The van der Waals surface area contributed by atoms with E-state index in [2.05, 4.69) is 10.6 Å². The first kappa shape index (κ1) is 11.9. The lowest BCUT2D eigenvalue weighted by molar-refractivity contribution is -0.137. The highest BCUT2D eigenvalue weighted by Crippen LogP contribution is 1.84. The standard InChI is InChI=1S/C8H16N2O3/c1-7(11)10-6-5-9-4-2-3-8(12)13/h9H,2-6H2,1H3,(H,10,11)(H,12,13). The average Bonchev–Trinajstić information content (AvgIpc) is 2.01. The van der Waals surface area contributed by atoms with Gasteiger partial charge in [-0.3, -0.25) is 9.59 Å². The Labute approximate surface area is 77.5 Å². The molecular weight excluding hydrogens is 172 g/mol. The minimum Gasteiger partial charge on any atom is -0.481 e. The molecule has 0 spiro atoms. The zero-order chi connectivity index (χ0) is 10.1. The van der Waals surface area contributed by atoms with Gasteiger partial charge in [-0.1, -0.05) is 0 Å². The van der Waals surface area contributed by atoms with Crippen LogP contribution in [0.15, 0.2) is 0 Å². The molecule has 3 N–H and O–H groups in total. The number of carbonyl (C=O) groups excluding carboxylic acids is 1. The van der Waals surface area contributed by atoms with Crippen LogP contribution in [0.25, 0.3) is 0 Å². The van der Waals surface area contributed by atoms with Crippen molar-refractivity contribution in [2.75, 3.05) is 19.6 Å². The van der Waals surface area contributed by atoms with Crippen molar-refractivity contribution in [1.82, 2.24) is 10.6 Å². The van der Waals surface area contributed by atoms with E-state index >= 15 is 0 Å². The van der Waals surface area contributed by atoms with Crippen LogP contribution in [0.2, 0.25) is 0 Å². The number of nitrogens with one attached hydrogen (secondary N) is 2. The van der Waals surface area contributed by atoms with Crippen LogP contribution in [0.4, 0.5) is 0 Å². The summed E-state index contributed by atoms with van der Waals surface area (Å²) in [4.78, 5) is 20.5. The van der Waals surface area contributed by atoms with Gasteiger partial charge in [0.1, 0.15) is 0 Å². The van der Waals surface area contributed by atoms with Crippen molar-refractivity contribution in [2.24, 2.45) is 0 Å². The van der Waals surface area contributed by atoms with Gasteiger partial charge in [-0.2, -0.15) is 0 Å². The number of carboxylic acids is 1. The number of amides is 1. The first-order valence-electron chi connectivity index (χ1n) is 4.30. The maximum absolute atomic E-state index is 10.4. The highest BCUT2D eigenvalue weighted by molar-refractivity contribution is 5.72. The van der Waals surface area contributed by atoms with Crippen LogP contribution in [0.3, 0.4) is 0 Å². The third kappa shape index (κ3) is 10.9. The molecule has 0 rings (SSSR count). The second kappa shape index (κ2) is 7.54. The summed E-state index contributed by atoms with van der Waals surface area (Å²) < 4.78 is 0. The van der Waals surface area contributed by atoms with Gasteiger partial charge < -0.3 is 15.7 Å². The largest absolute Gasteiger partial charge is 0.481 e. The molecule has 0 bridgehead atoms. The van der Waals surface area contributed by atoms with Crippen molar-refractivity contribution in [2.45, 2.75) is 19.8 Å². The Morgan fingerprint density at radius 2 is 1.92 bits per heavy atom. The molecule has 0 atom stereocenters. The lowest BCUT2D eigenvalue weighted by Crippen LogP contribution is -2.30. The van der Waals surface area contributed by atoms with Gasteiger partial charge in [-0.25, -0.2) is 0 Å². The minimum atomic E-state index is -0.774. The van der Waals surface area contributed by atoms with E-state index < -0.39 is 5.97 Å². The van der Waals surface area contributed by atoms with E-state index in [1.165, 1.54) is 6.92 Å². The quantitative estimate of drug-likeness (QED) is 0.474. The van der Waals surface area contributed by atoms with Crippen LogP contribution in [0, 0.1) is 0 Å². The minimum absolute atomic E-state index is 0.0488. The van der Waals surface area contributed by atoms with E-state index in [0.717, 1.165) is 0 Å². The molecule has 0 aromatic heterocycles. The summed E-state index contributed by atoms with van der Waals surface area (Å²) in [5, 5.41) is 13.9. The number of carboxylic acid groups (broad SMARTS) is 1. The van der Waals surface area contributed by atoms with Crippen LogP contribution in [0.1, 0.15) is 19.8 Å². The van der Waals surface area contributed by atoms with Crippen molar-refractivity contribution in [3.05, 3.63) is 0 Å². The van der Waals surface area contributed by atoms with E-state index in [1.807, 2.05) is 0 Å². The molecule has 5 heteroatoms. The van der Waals surface area contributed by atoms with E-state index in [-0.39, 0.29) is 12.3 Å².